The van der Waals surface area contributed by atoms with Crippen LogP contribution in [0.3, 0.4) is 0 Å². The van der Waals surface area contributed by atoms with Crippen molar-refractivity contribution >= 4 is 0 Å². The minimum absolute atomic E-state index is 0.204. The molecular weight excluding hydrogens is 148 g/mol. The smallest absolute Gasteiger partial charge is 0.0891 e. The lowest BCUT2D eigenvalue weighted by atomic mass is 10.0. The highest BCUT2D eigenvalue weighted by molar-refractivity contribution is 5.15. The lowest BCUT2D eigenvalue weighted by molar-refractivity contribution is 0.309. The Labute approximate surface area is 73.4 Å². The molecular formula is C11H14O. The van der Waals surface area contributed by atoms with Crippen molar-refractivity contribution in [1.29, 1.82) is 0 Å². The second kappa shape index (κ2) is 2.91. The van der Waals surface area contributed by atoms with E-state index in [0.717, 1.165) is 19.4 Å². The maximum absolute atomic E-state index is 5.32. The molecule has 1 aromatic carbocycles. The SMILES string of the molecule is C[C@]1(CCc2ccccc2)CO1. The van der Waals surface area contributed by atoms with Crippen molar-refractivity contribution in [3.8, 4) is 0 Å². The van der Waals surface area contributed by atoms with Crippen molar-refractivity contribution < 1.29 is 4.74 Å². The van der Waals surface area contributed by atoms with Crippen LogP contribution >= 0.6 is 0 Å². The molecule has 64 valence electrons. The van der Waals surface area contributed by atoms with E-state index in [-0.39, 0.29) is 5.60 Å². The summed E-state index contributed by atoms with van der Waals surface area (Å²) in [6, 6.07) is 10.6. The Hall–Kier alpha value is -0.820. The number of hydrogen-bond acceptors (Lipinski definition) is 1. The highest BCUT2D eigenvalue weighted by Gasteiger charge is 2.38. The van der Waals surface area contributed by atoms with E-state index in [1.165, 1.54) is 5.56 Å². The number of rotatable bonds is 3. The molecule has 1 heterocycles. The quantitative estimate of drug-likeness (QED) is 0.622. The third-order valence-corrected chi connectivity index (χ3v) is 2.42. The van der Waals surface area contributed by atoms with Gasteiger partial charge in [0.15, 0.2) is 0 Å². The standard InChI is InChI=1S/C11H14O/c1-11(9-12-11)8-7-10-5-3-2-4-6-10/h2-6H,7-9H2,1H3/t11-/m0/s1. The Kier molecular flexibility index (Phi) is 1.89. The summed E-state index contributed by atoms with van der Waals surface area (Å²) in [4.78, 5) is 0. The fourth-order valence-corrected chi connectivity index (χ4v) is 1.32. The van der Waals surface area contributed by atoms with Crippen molar-refractivity contribution in [2.24, 2.45) is 0 Å². The van der Waals surface area contributed by atoms with Crippen LogP contribution in [0.1, 0.15) is 18.9 Å². The summed E-state index contributed by atoms with van der Waals surface area (Å²) < 4.78 is 5.32. The molecule has 2 rings (SSSR count). The van der Waals surface area contributed by atoms with E-state index >= 15 is 0 Å². The molecule has 1 aliphatic heterocycles. The molecule has 0 bridgehead atoms. The summed E-state index contributed by atoms with van der Waals surface area (Å²) in [7, 11) is 0. The Morgan fingerprint density at radius 1 is 1.33 bits per heavy atom. The van der Waals surface area contributed by atoms with Gasteiger partial charge in [-0.25, -0.2) is 0 Å². The van der Waals surface area contributed by atoms with Gasteiger partial charge in [-0.1, -0.05) is 30.3 Å². The lowest BCUT2D eigenvalue weighted by Crippen LogP contribution is -2.05. The zero-order valence-corrected chi connectivity index (χ0v) is 7.42. The van der Waals surface area contributed by atoms with Crippen LogP contribution in [0.15, 0.2) is 30.3 Å². The van der Waals surface area contributed by atoms with Gasteiger partial charge in [0.1, 0.15) is 0 Å². The molecule has 0 N–H and O–H groups in total. The van der Waals surface area contributed by atoms with E-state index in [4.69, 9.17) is 4.74 Å². The zero-order chi connectivity index (χ0) is 8.44. The number of aryl methyl sites for hydroxylation is 1. The highest BCUT2D eigenvalue weighted by Crippen LogP contribution is 2.30. The van der Waals surface area contributed by atoms with Gasteiger partial charge in [0.05, 0.1) is 12.2 Å². The van der Waals surface area contributed by atoms with Crippen LogP contribution in [-0.4, -0.2) is 12.2 Å². The predicted octanol–water partition coefficient (Wildman–Crippen LogP) is 2.41. The van der Waals surface area contributed by atoms with Gasteiger partial charge in [-0.2, -0.15) is 0 Å². The average molecular weight is 162 g/mol. The molecule has 0 aromatic heterocycles. The molecule has 1 nitrogen and oxygen atoms in total. The van der Waals surface area contributed by atoms with Crippen molar-refractivity contribution in [3.63, 3.8) is 0 Å². The second-order valence-electron chi connectivity index (χ2n) is 3.72. The molecule has 1 fully saturated rings. The molecule has 1 aromatic rings. The van der Waals surface area contributed by atoms with Crippen LogP contribution in [0.2, 0.25) is 0 Å². The van der Waals surface area contributed by atoms with Crippen LogP contribution < -0.4 is 0 Å². The van der Waals surface area contributed by atoms with Crippen LogP contribution in [0.5, 0.6) is 0 Å². The largest absolute Gasteiger partial charge is 0.370 e. The first kappa shape index (κ1) is 7.81. The molecule has 0 amide bonds. The topological polar surface area (TPSA) is 12.5 Å². The first-order valence-corrected chi connectivity index (χ1v) is 4.46. The molecule has 0 radical (unpaired) electrons. The number of hydrogen-bond donors (Lipinski definition) is 0. The third-order valence-electron chi connectivity index (χ3n) is 2.42. The first-order chi connectivity index (χ1) is 5.79. The number of benzene rings is 1. The molecule has 0 unspecified atom stereocenters. The van der Waals surface area contributed by atoms with Gasteiger partial charge < -0.3 is 4.74 Å². The van der Waals surface area contributed by atoms with Gasteiger partial charge in [-0.15, -0.1) is 0 Å². The van der Waals surface area contributed by atoms with Crippen molar-refractivity contribution in [3.05, 3.63) is 35.9 Å². The van der Waals surface area contributed by atoms with E-state index in [0.29, 0.717) is 0 Å². The Morgan fingerprint density at radius 2 is 2.00 bits per heavy atom. The van der Waals surface area contributed by atoms with E-state index in [1.54, 1.807) is 0 Å². The molecule has 0 aliphatic carbocycles. The van der Waals surface area contributed by atoms with Crippen LogP contribution in [0.4, 0.5) is 0 Å². The third kappa shape index (κ3) is 1.86. The number of ether oxygens (including phenoxy) is 1. The van der Waals surface area contributed by atoms with E-state index < -0.39 is 0 Å². The Bertz CT molecular complexity index is 249. The molecule has 1 saturated heterocycles. The lowest BCUT2D eigenvalue weighted by Gasteiger charge is -2.03. The minimum Gasteiger partial charge on any atom is -0.370 e. The monoisotopic (exact) mass is 162 g/mol. The first-order valence-electron chi connectivity index (χ1n) is 4.46. The molecule has 1 atom stereocenters. The van der Waals surface area contributed by atoms with Gasteiger partial charge in [0.25, 0.3) is 0 Å². The average Bonchev–Trinajstić information content (AvgIpc) is 2.84. The van der Waals surface area contributed by atoms with Gasteiger partial charge >= 0.3 is 0 Å². The minimum atomic E-state index is 0.204. The summed E-state index contributed by atoms with van der Waals surface area (Å²) in [6.07, 6.45) is 2.29. The summed E-state index contributed by atoms with van der Waals surface area (Å²) in [5, 5.41) is 0. The summed E-state index contributed by atoms with van der Waals surface area (Å²) >= 11 is 0. The molecule has 1 heteroatoms. The van der Waals surface area contributed by atoms with Crippen LogP contribution in [-0.2, 0) is 11.2 Å². The normalized spacial score (nSPS) is 27.1. The second-order valence-corrected chi connectivity index (χ2v) is 3.72. The Morgan fingerprint density at radius 3 is 2.58 bits per heavy atom. The van der Waals surface area contributed by atoms with E-state index in [9.17, 15) is 0 Å². The number of epoxide rings is 1. The van der Waals surface area contributed by atoms with Gasteiger partial charge in [0.2, 0.25) is 0 Å². The van der Waals surface area contributed by atoms with Gasteiger partial charge in [0, 0.05) is 0 Å². The van der Waals surface area contributed by atoms with Crippen molar-refractivity contribution in [1.82, 2.24) is 0 Å². The fourth-order valence-electron chi connectivity index (χ4n) is 1.32. The molecule has 0 saturated carbocycles. The van der Waals surface area contributed by atoms with E-state index in [1.807, 2.05) is 0 Å². The van der Waals surface area contributed by atoms with Crippen LogP contribution in [0.25, 0.3) is 0 Å². The molecule has 1 aliphatic rings. The molecule has 0 spiro atoms. The highest BCUT2D eigenvalue weighted by atomic mass is 16.6. The summed E-state index contributed by atoms with van der Waals surface area (Å²) in [5.74, 6) is 0. The van der Waals surface area contributed by atoms with Gasteiger partial charge in [-0.3, -0.25) is 0 Å². The Balaban J connectivity index is 1.88. The predicted molar refractivity (Wildman–Crippen MR) is 49.1 cm³/mol. The van der Waals surface area contributed by atoms with Gasteiger partial charge in [-0.05, 0) is 25.3 Å². The maximum atomic E-state index is 5.32. The summed E-state index contributed by atoms with van der Waals surface area (Å²) in [6.45, 7) is 3.12. The molecule has 12 heavy (non-hydrogen) atoms. The van der Waals surface area contributed by atoms with Crippen LogP contribution in [0, 0.1) is 0 Å². The van der Waals surface area contributed by atoms with E-state index in [2.05, 4.69) is 37.3 Å². The zero-order valence-electron chi connectivity index (χ0n) is 7.42. The maximum Gasteiger partial charge on any atom is 0.0891 e. The van der Waals surface area contributed by atoms with Crippen molar-refractivity contribution in [2.45, 2.75) is 25.4 Å². The van der Waals surface area contributed by atoms with Crippen molar-refractivity contribution in [2.75, 3.05) is 6.61 Å². The summed E-state index contributed by atoms with van der Waals surface area (Å²) in [5.41, 5.74) is 1.62. The fraction of sp³-hybridized carbons (Fsp3) is 0.455.